The van der Waals surface area contributed by atoms with Crippen LogP contribution >= 0.6 is 0 Å². The Morgan fingerprint density at radius 3 is 2.30 bits per heavy atom. The third-order valence-corrected chi connectivity index (χ3v) is 1.46. The maximum Gasteiger partial charge on any atom is 0.368 e. The molecule has 1 rings (SSSR count). The Hall–Kier alpha value is -0.980. The highest BCUT2D eigenvalue weighted by Crippen LogP contribution is 2.03. The number of nitrogens with zero attached hydrogens (tertiary/aromatic N) is 2. The highest BCUT2D eigenvalue weighted by molar-refractivity contribution is 7.86. The van der Waals surface area contributed by atoms with E-state index in [0.717, 1.165) is 0 Å². The largest absolute Gasteiger partial charge is 0.368 e. The Kier molecular flexibility index (Phi) is 1.43. The summed E-state index contributed by atoms with van der Waals surface area (Å²) in [4.78, 5) is 2.13. The summed E-state index contributed by atoms with van der Waals surface area (Å²) < 4.78 is 32.1. The fourth-order valence-electron chi connectivity index (χ4n) is 0.435. The van der Waals surface area contributed by atoms with E-state index in [4.69, 9.17) is 0 Å². The Labute approximate surface area is 56.5 Å². The van der Waals surface area contributed by atoms with Crippen LogP contribution in [0.5, 0.6) is 0 Å². The van der Waals surface area contributed by atoms with Gasteiger partial charge in [0.2, 0.25) is 0 Å². The third kappa shape index (κ3) is 1.29. The minimum atomic E-state index is -4.71. The van der Waals surface area contributed by atoms with Crippen LogP contribution in [0.1, 0.15) is 5.82 Å². The fraction of sp³-hybridized carbons (Fsp3) is 0.333. The molecule has 0 saturated heterocycles. The lowest BCUT2D eigenvalue weighted by Gasteiger charge is -1.80. The number of nitrogens with one attached hydrogen (secondary N) is 1. The predicted molar refractivity (Wildman–Crippen MR) is 29.4 cm³/mol. The highest BCUT2D eigenvalue weighted by Gasteiger charge is 2.15. The summed E-state index contributed by atoms with van der Waals surface area (Å²) in [6.07, 6.45) is 0. The summed E-state index contributed by atoms with van der Waals surface area (Å²) in [6, 6.07) is 0. The topological polar surface area (TPSA) is 75.7 Å². The molecule has 10 heavy (non-hydrogen) atoms. The molecule has 0 aliphatic rings. The van der Waals surface area contributed by atoms with Crippen LogP contribution in [-0.2, 0) is 10.2 Å². The van der Waals surface area contributed by atoms with Gasteiger partial charge in [0.05, 0.1) is 0 Å². The standard InChI is InChI=1S/C3H4FN3O2S/c1-2-5-3(7-6-2)10(4,8)9/h1H3,(H,5,6,7). The zero-order valence-electron chi connectivity index (χ0n) is 5.00. The highest BCUT2D eigenvalue weighted by atomic mass is 32.3. The van der Waals surface area contributed by atoms with Crippen LogP contribution in [0.15, 0.2) is 5.16 Å². The first-order chi connectivity index (χ1) is 4.50. The average Bonchev–Trinajstić information content (AvgIpc) is 2.11. The van der Waals surface area contributed by atoms with E-state index in [-0.39, 0.29) is 5.82 Å². The summed E-state index contributed by atoms with van der Waals surface area (Å²) >= 11 is 0. The molecule has 0 fully saturated rings. The molecule has 1 aromatic rings. The maximum absolute atomic E-state index is 12.0. The van der Waals surface area contributed by atoms with E-state index >= 15 is 0 Å². The molecular weight excluding hydrogens is 161 g/mol. The lowest BCUT2D eigenvalue weighted by atomic mass is 10.8. The molecule has 0 radical (unpaired) electrons. The van der Waals surface area contributed by atoms with Gasteiger partial charge in [-0.2, -0.15) is 8.42 Å². The Morgan fingerprint density at radius 2 is 2.10 bits per heavy atom. The molecule has 0 spiro atoms. The average molecular weight is 165 g/mol. The second kappa shape index (κ2) is 2.01. The van der Waals surface area contributed by atoms with Gasteiger partial charge in [0.25, 0.3) is 5.16 Å². The second-order valence-corrected chi connectivity index (χ2v) is 2.92. The fourth-order valence-corrected chi connectivity index (χ4v) is 0.843. The summed E-state index contributed by atoms with van der Waals surface area (Å²) in [7, 11) is -4.71. The molecular formula is C3H4FN3O2S. The molecule has 0 aromatic carbocycles. The van der Waals surface area contributed by atoms with E-state index in [1.165, 1.54) is 6.92 Å². The van der Waals surface area contributed by atoms with Gasteiger partial charge < -0.3 is 4.98 Å². The van der Waals surface area contributed by atoms with Gasteiger partial charge in [-0.05, 0) is 6.92 Å². The van der Waals surface area contributed by atoms with Crippen LogP contribution in [0.2, 0.25) is 0 Å². The third-order valence-electron chi connectivity index (χ3n) is 0.810. The van der Waals surface area contributed by atoms with Gasteiger partial charge in [-0.15, -0.1) is 10.2 Å². The van der Waals surface area contributed by atoms with Gasteiger partial charge in [-0.3, -0.25) is 0 Å². The van der Waals surface area contributed by atoms with Crippen molar-refractivity contribution in [1.29, 1.82) is 0 Å². The van der Waals surface area contributed by atoms with Gasteiger partial charge in [0, 0.05) is 0 Å². The molecule has 0 unspecified atom stereocenters. The lowest BCUT2D eigenvalue weighted by Crippen LogP contribution is -1.94. The van der Waals surface area contributed by atoms with Gasteiger partial charge >= 0.3 is 10.2 Å². The van der Waals surface area contributed by atoms with Crippen molar-refractivity contribution in [2.24, 2.45) is 0 Å². The van der Waals surface area contributed by atoms with Gasteiger partial charge in [0.1, 0.15) is 5.82 Å². The van der Waals surface area contributed by atoms with Crippen LogP contribution < -0.4 is 0 Å². The number of aromatic nitrogens is 3. The van der Waals surface area contributed by atoms with E-state index < -0.39 is 15.4 Å². The first-order valence-electron chi connectivity index (χ1n) is 2.34. The molecule has 0 aliphatic heterocycles. The SMILES string of the molecule is Cc1nnc(S(=O)(=O)F)[nH]1. The minimum Gasteiger partial charge on any atom is -0.314 e. The zero-order chi connectivity index (χ0) is 7.78. The number of hydrogen-bond acceptors (Lipinski definition) is 4. The minimum absolute atomic E-state index is 0.260. The van der Waals surface area contributed by atoms with Crippen LogP contribution in [0, 0.1) is 6.92 Å². The van der Waals surface area contributed by atoms with Gasteiger partial charge in [-0.1, -0.05) is 3.89 Å². The van der Waals surface area contributed by atoms with Crippen molar-refractivity contribution >= 4 is 10.2 Å². The van der Waals surface area contributed by atoms with E-state index in [2.05, 4.69) is 15.2 Å². The number of rotatable bonds is 1. The Balaban J connectivity index is 3.21. The molecule has 1 heterocycles. The van der Waals surface area contributed by atoms with Crippen molar-refractivity contribution in [3.63, 3.8) is 0 Å². The van der Waals surface area contributed by atoms with E-state index in [9.17, 15) is 12.3 Å². The Bertz CT molecular complexity index is 329. The van der Waals surface area contributed by atoms with Crippen molar-refractivity contribution in [1.82, 2.24) is 15.2 Å². The monoisotopic (exact) mass is 165 g/mol. The molecule has 0 saturated carbocycles. The lowest BCUT2D eigenvalue weighted by molar-refractivity contribution is 0.542. The molecule has 1 N–H and O–H groups in total. The van der Waals surface area contributed by atoms with Gasteiger partial charge in [-0.25, -0.2) is 0 Å². The molecule has 0 atom stereocenters. The van der Waals surface area contributed by atoms with Crippen molar-refractivity contribution < 1.29 is 12.3 Å². The number of hydrogen-bond donors (Lipinski definition) is 1. The summed E-state index contributed by atoms with van der Waals surface area (Å²) in [5.41, 5.74) is 0. The predicted octanol–water partition coefficient (Wildman–Crippen LogP) is -0.229. The van der Waals surface area contributed by atoms with Crippen LogP contribution in [-0.4, -0.2) is 23.6 Å². The van der Waals surface area contributed by atoms with Crippen LogP contribution in [0.4, 0.5) is 3.89 Å². The number of halogens is 1. The normalized spacial score (nSPS) is 11.8. The maximum atomic E-state index is 12.0. The smallest absolute Gasteiger partial charge is 0.314 e. The van der Waals surface area contributed by atoms with E-state index in [1.807, 2.05) is 0 Å². The second-order valence-electron chi connectivity index (χ2n) is 1.65. The van der Waals surface area contributed by atoms with E-state index in [0.29, 0.717) is 0 Å². The summed E-state index contributed by atoms with van der Waals surface area (Å²) in [5, 5.41) is 5.53. The molecule has 0 amide bonds. The van der Waals surface area contributed by atoms with Gasteiger partial charge in [0.15, 0.2) is 0 Å². The van der Waals surface area contributed by atoms with Crippen LogP contribution in [0.3, 0.4) is 0 Å². The van der Waals surface area contributed by atoms with Crippen molar-refractivity contribution in [3.05, 3.63) is 5.82 Å². The summed E-state index contributed by atoms with van der Waals surface area (Å²) in [5.74, 6) is 0.260. The molecule has 5 nitrogen and oxygen atoms in total. The van der Waals surface area contributed by atoms with Crippen molar-refractivity contribution in [3.8, 4) is 0 Å². The summed E-state index contributed by atoms with van der Waals surface area (Å²) in [6.45, 7) is 1.47. The Morgan fingerprint density at radius 1 is 1.50 bits per heavy atom. The molecule has 1 aromatic heterocycles. The number of aromatic amines is 1. The molecule has 56 valence electrons. The van der Waals surface area contributed by atoms with Crippen molar-refractivity contribution in [2.75, 3.05) is 0 Å². The quantitative estimate of drug-likeness (QED) is 0.583. The molecule has 7 heteroatoms. The van der Waals surface area contributed by atoms with Crippen molar-refractivity contribution in [2.45, 2.75) is 12.1 Å². The van der Waals surface area contributed by atoms with Crippen LogP contribution in [0.25, 0.3) is 0 Å². The molecule has 0 bridgehead atoms. The number of H-pyrrole nitrogens is 1. The number of aryl methyl sites for hydroxylation is 1. The zero-order valence-corrected chi connectivity index (χ0v) is 5.81. The molecule has 0 aliphatic carbocycles. The van der Waals surface area contributed by atoms with E-state index in [1.54, 1.807) is 0 Å². The first-order valence-corrected chi connectivity index (χ1v) is 3.72. The first kappa shape index (κ1) is 7.13.